The van der Waals surface area contributed by atoms with Gasteiger partial charge in [-0.05, 0) is 38.8 Å². The van der Waals surface area contributed by atoms with E-state index >= 15 is 0 Å². The van der Waals surface area contributed by atoms with Crippen LogP contribution in [0.3, 0.4) is 0 Å². The Hall–Kier alpha value is -0.0400. The third-order valence-electron chi connectivity index (χ3n) is 3.23. The van der Waals surface area contributed by atoms with E-state index in [4.69, 9.17) is 0 Å². The van der Waals surface area contributed by atoms with Crippen molar-refractivity contribution < 1.29 is 0 Å². The van der Waals surface area contributed by atoms with Crippen LogP contribution in [0.15, 0.2) is 0 Å². The van der Waals surface area contributed by atoms with Crippen LogP contribution in [0.25, 0.3) is 0 Å². The summed E-state index contributed by atoms with van der Waals surface area (Å²) in [5.41, 5.74) is 0. The Morgan fingerprint density at radius 3 is 1.92 bits per heavy atom. The monoisotopic (exact) mass is 166 g/mol. The molecule has 2 rings (SSSR count). The lowest BCUT2D eigenvalue weighted by Gasteiger charge is -2.35. The molecule has 12 heavy (non-hydrogen) atoms. The minimum Gasteiger partial charge on any atom is -0.296 e. The largest absolute Gasteiger partial charge is 0.296 e. The van der Waals surface area contributed by atoms with Gasteiger partial charge in [0, 0.05) is 6.04 Å². The number of likely N-dealkylation sites (tertiary alicyclic amines) is 1. The molecule has 0 aromatic heterocycles. The fourth-order valence-corrected chi connectivity index (χ4v) is 2.49. The van der Waals surface area contributed by atoms with Gasteiger partial charge >= 0.3 is 0 Å². The fraction of sp³-hybridized carbons (Fsp3) is 0.909. The Bertz CT molecular complexity index is 105. The van der Waals surface area contributed by atoms with Crippen LogP contribution >= 0.6 is 0 Å². The molecule has 1 aliphatic carbocycles. The molecule has 0 N–H and O–H groups in total. The van der Waals surface area contributed by atoms with E-state index in [1.807, 2.05) is 0 Å². The molecule has 0 bridgehead atoms. The van der Waals surface area contributed by atoms with Crippen LogP contribution in [0, 0.1) is 6.04 Å². The number of hydrogen-bond donors (Lipinski definition) is 0. The van der Waals surface area contributed by atoms with Gasteiger partial charge in [-0.25, -0.2) is 0 Å². The summed E-state index contributed by atoms with van der Waals surface area (Å²) in [5.74, 6) is 0. The Morgan fingerprint density at radius 2 is 1.25 bits per heavy atom. The van der Waals surface area contributed by atoms with Gasteiger partial charge in [0.25, 0.3) is 0 Å². The van der Waals surface area contributed by atoms with E-state index < -0.39 is 0 Å². The molecule has 1 nitrogen and oxygen atoms in total. The zero-order valence-corrected chi connectivity index (χ0v) is 8.02. The molecule has 2 fully saturated rings. The van der Waals surface area contributed by atoms with E-state index in [0.717, 1.165) is 0 Å². The van der Waals surface area contributed by atoms with E-state index in [1.165, 1.54) is 64.5 Å². The van der Waals surface area contributed by atoms with Crippen molar-refractivity contribution in [2.24, 2.45) is 0 Å². The molecule has 1 saturated carbocycles. The van der Waals surface area contributed by atoms with Gasteiger partial charge in [0.05, 0.1) is 0 Å². The van der Waals surface area contributed by atoms with E-state index in [-0.39, 0.29) is 0 Å². The average Bonchev–Trinajstić information content (AvgIpc) is 2.21. The summed E-state index contributed by atoms with van der Waals surface area (Å²) < 4.78 is 0. The van der Waals surface area contributed by atoms with Gasteiger partial charge in [-0.3, -0.25) is 4.90 Å². The van der Waals surface area contributed by atoms with E-state index in [2.05, 4.69) is 4.90 Å². The van der Waals surface area contributed by atoms with Gasteiger partial charge in [0.15, 0.2) is 0 Å². The van der Waals surface area contributed by atoms with Crippen LogP contribution < -0.4 is 0 Å². The zero-order chi connectivity index (χ0) is 8.23. The number of nitrogens with zero attached hydrogens (tertiary/aromatic N) is 1. The first-order valence-electron chi connectivity index (χ1n) is 5.56. The first kappa shape index (κ1) is 8.55. The average molecular weight is 166 g/mol. The molecule has 1 heteroatoms. The third kappa shape index (κ3) is 2.01. The fourth-order valence-electron chi connectivity index (χ4n) is 2.49. The molecule has 0 aromatic rings. The molecular weight excluding hydrogens is 146 g/mol. The topological polar surface area (TPSA) is 3.24 Å². The molecule has 0 amide bonds. The second-order valence-corrected chi connectivity index (χ2v) is 4.17. The van der Waals surface area contributed by atoms with Crippen molar-refractivity contribution >= 4 is 0 Å². The summed E-state index contributed by atoms with van der Waals surface area (Å²) in [6.45, 7) is 2.71. The second kappa shape index (κ2) is 4.27. The van der Waals surface area contributed by atoms with Crippen molar-refractivity contribution in [3.63, 3.8) is 0 Å². The van der Waals surface area contributed by atoms with Crippen molar-refractivity contribution in [1.82, 2.24) is 4.90 Å². The van der Waals surface area contributed by atoms with Crippen molar-refractivity contribution in [1.29, 1.82) is 0 Å². The molecule has 69 valence electrons. The zero-order valence-electron chi connectivity index (χ0n) is 8.02. The van der Waals surface area contributed by atoms with Gasteiger partial charge in [-0.15, -0.1) is 0 Å². The summed E-state index contributed by atoms with van der Waals surface area (Å²) in [5, 5.41) is 0. The molecule has 2 aliphatic rings. The summed E-state index contributed by atoms with van der Waals surface area (Å²) >= 11 is 0. The van der Waals surface area contributed by atoms with Crippen LogP contribution in [-0.2, 0) is 0 Å². The predicted molar refractivity (Wildman–Crippen MR) is 51.8 cm³/mol. The van der Waals surface area contributed by atoms with Gasteiger partial charge in [-0.2, -0.15) is 0 Å². The van der Waals surface area contributed by atoms with Crippen molar-refractivity contribution in [3.05, 3.63) is 6.04 Å². The number of hydrogen-bond acceptors (Lipinski definition) is 1. The highest BCUT2D eigenvalue weighted by atomic mass is 15.2. The number of rotatable bonds is 1. The van der Waals surface area contributed by atoms with Crippen LogP contribution in [0.4, 0.5) is 0 Å². The lowest BCUT2D eigenvalue weighted by Crippen LogP contribution is -2.34. The minimum atomic E-state index is 1.36. The highest BCUT2D eigenvalue weighted by molar-refractivity contribution is 4.93. The summed E-state index contributed by atoms with van der Waals surface area (Å²) in [6.07, 6.45) is 11.5. The predicted octanol–water partition coefficient (Wildman–Crippen LogP) is 2.97. The maximum atomic E-state index is 2.67. The van der Waals surface area contributed by atoms with Crippen LogP contribution in [0.2, 0.25) is 0 Å². The smallest absolute Gasteiger partial charge is 0.0393 e. The molecule has 1 radical (unpaired) electrons. The first-order valence-corrected chi connectivity index (χ1v) is 5.56. The summed E-state index contributed by atoms with van der Waals surface area (Å²) in [7, 11) is 0. The van der Waals surface area contributed by atoms with E-state index in [1.54, 1.807) is 6.04 Å². The normalized spacial score (nSPS) is 29.0. The number of piperidine rings is 1. The summed E-state index contributed by atoms with van der Waals surface area (Å²) in [4.78, 5) is 2.67. The minimum absolute atomic E-state index is 1.36. The van der Waals surface area contributed by atoms with Gasteiger partial charge < -0.3 is 0 Å². The Labute approximate surface area is 76.1 Å². The highest BCUT2D eigenvalue weighted by Crippen LogP contribution is 2.30. The molecule has 0 atom stereocenters. The van der Waals surface area contributed by atoms with Crippen molar-refractivity contribution in [2.45, 2.75) is 51.4 Å². The van der Waals surface area contributed by atoms with Crippen molar-refractivity contribution in [2.75, 3.05) is 13.1 Å². The highest BCUT2D eigenvalue weighted by Gasteiger charge is 2.22. The maximum Gasteiger partial charge on any atom is 0.0393 e. The molecule has 0 unspecified atom stereocenters. The van der Waals surface area contributed by atoms with Crippen LogP contribution in [0.5, 0.6) is 0 Å². The lowest BCUT2D eigenvalue weighted by molar-refractivity contribution is 0.203. The molecule has 0 aromatic carbocycles. The standard InChI is InChI=1S/C11H20N/c1-3-7-11(8-4-1)12-9-5-2-6-10-12/h1-10H2. The molecule has 1 heterocycles. The van der Waals surface area contributed by atoms with Gasteiger partial charge in [0.2, 0.25) is 0 Å². The third-order valence-corrected chi connectivity index (χ3v) is 3.23. The van der Waals surface area contributed by atoms with Crippen LogP contribution in [-0.4, -0.2) is 18.0 Å². The Balaban J connectivity index is 1.80. The molecule has 1 saturated heterocycles. The molecule has 1 aliphatic heterocycles. The second-order valence-electron chi connectivity index (χ2n) is 4.17. The van der Waals surface area contributed by atoms with Crippen molar-refractivity contribution in [3.8, 4) is 0 Å². The SMILES string of the molecule is C1CC[C](N2CCCCC2)CC1. The van der Waals surface area contributed by atoms with Crippen LogP contribution in [0.1, 0.15) is 51.4 Å². The molecular formula is C11H20N. The van der Waals surface area contributed by atoms with Gasteiger partial charge in [-0.1, -0.05) is 25.7 Å². The Kier molecular flexibility index (Phi) is 3.04. The van der Waals surface area contributed by atoms with E-state index in [9.17, 15) is 0 Å². The lowest BCUT2D eigenvalue weighted by atomic mass is 9.93. The maximum absolute atomic E-state index is 2.67. The van der Waals surface area contributed by atoms with Gasteiger partial charge in [0.1, 0.15) is 0 Å². The Morgan fingerprint density at radius 1 is 0.667 bits per heavy atom. The van der Waals surface area contributed by atoms with E-state index in [0.29, 0.717) is 0 Å². The quantitative estimate of drug-likeness (QED) is 0.579. The summed E-state index contributed by atoms with van der Waals surface area (Å²) in [6, 6.07) is 1.78. The molecule has 0 spiro atoms. The first-order chi connectivity index (χ1) is 5.97.